The summed E-state index contributed by atoms with van der Waals surface area (Å²) in [5.74, 6) is 1.28. The number of amides is 1. The van der Waals surface area contributed by atoms with E-state index in [9.17, 15) is 4.79 Å². The summed E-state index contributed by atoms with van der Waals surface area (Å²) in [6.07, 6.45) is 1.65. The largest absolute Gasteiger partial charge is 0.445 e. The fraction of sp³-hybridized carbons (Fsp3) is 0.636. The van der Waals surface area contributed by atoms with Crippen molar-refractivity contribution in [1.82, 2.24) is 15.6 Å². The number of nitrogens with one attached hydrogen (secondary N) is 2. The lowest BCUT2D eigenvalue weighted by atomic mass is 10.3. The Morgan fingerprint density at radius 3 is 3.00 bits per heavy atom. The number of aromatic nitrogens is 1. The van der Waals surface area contributed by atoms with Gasteiger partial charge in [0.05, 0.1) is 25.4 Å². The Bertz CT molecular complexity index is 351. The molecule has 96 valence electrons. The van der Waals surface area contributed by atoms with Crippen molar-refractivity contribution in [3.05, 3.63) is 17.8 Å². The van der Waals surface area contributed by atoms with E-state index in [1.54, 1.807) is 20.2 Å². The van der Waals surface area contributed by atoms with Gasteiger partial charge in [-0.1, -0.05) is 0 Å². The molecule has 0 saturated heterocycles. The maximum Gasteiger partial charge on any atom is 0.236 e. The van der Waals surface area contributed by atoms with E-state index in [0.717, 1.165) is 5.76 Å². The molecule has 0 aliphatic rings. The van der Waals surface area contributed by atoms with Crippen LogP contribution in [-0.4, -0.2) is 37.2 Å². The van der Waals surface area contributed by atoms with E-state index < -0.39 is 0 Å². The van der Waals surface area contributed by atoms with E-state index in [2.05, 4.69) is 15.6 Å². The van der Waals surface area contributed by atoms with E-state index in [1.807, 2.05) is 6.92 Å². The van der Waals surface area contributed by atoms with E-state index in [1.165, 1.54) is 0 Å². The molecule has 0 bridgehead atoms. The van der Waals surface area contributed by atoms with E-state index in [0.29, 0.717) is 25.6 Å². The van der Waals surface area contributed by atoms with Gasteiger partial charge in [0.2, 0.25) is 11.8 Å². The fourth-order valence-electron chi connectivity index (χ4n) is 1.25. The topological polar surface area (TPSA) is 76.4 Å². The summed E-state index contributed by atoms with van der Waals surface area (Å²) >= 11 is 0. The minimum atomic E-state index is -0.293. The van der Waals surface area contributed by atoms with Crippen LogP contribution in [0.15, 0.2) is 10.6 Å². The molecule has 0 fully saturated rings. The number of oxazole rings is 1. The zero-order valence-corrected chi connectivity index (χ0v) is 10.4. The molecular weight excluding hydrogens is 222 g/mol. The van der Waals surface area contributed by atoms with Gasteiger partial charge < -0.3 is 14.5 Å². The fourth-order valence-corrected chi connectivity index (χ4v) is 1.25. The number of carbonyl (C=O) groups excluding carboxylic acids is 1. The predicted molar refractivity (Wildman–Crippen MR) is 62.4 cm³/mol. The van der Waals surface area contributed by atoms with Gasteiger partial charge >= 0.3 is 0 Å². The molecule has 1 rings (SSSR count). The number of hydrogen-bond acceptors (Lipinski definition) is 5. The van der Waals surface area contributed by atoms with Crippen molar-refractivity contribution in [2.24, 2.45) is 0 Å². The maximum atomic E-state index is 11.6. The Kier molecular flexibility index (Phi) is 5.65. The second-order valence-corrected chi connectivity index (χ2v) is 3.75. The van der Waals surface area contributed by atoms with Gasteiger partial charge in [-0.15, -0.1) is 0 Å². The van der Waals surface area contributed by atoms with Crippen molar-refractivity contribution >= 4 is 5.91 Å². The van der Waals surface area contributed by atoms with Crippen LogP contribution in [0.4, 0.5) is 0 Å². The molecule has 2 N–H and O–H groups in total. The summed E-state index contributed by atoms with van der Waals surface area (Å²) in [5.41, 5.74) is 0. The van der Waals surface area contributed by atoms with Gasteiger partial charge in [0.1, 0.15) is 5.76 Å². The predicted octanol–water partition coefficient (Wildman–Crippen LogP) is 0.224. The van der Waals surface area contributed by atoms with Crippen molar-refractivity contribution in [3.63, 3.8) is 0 Å². The Labute approximate surface area is 101 Å². The minimum absolute atomic E-state index is 0.0645. The lowest BCUT2D eigenvalue weighted by Crippen LogP contribution is -2.42. The van der Waals surface area contributed by atoms with Crippen LogP contribution in [0.5, 0.6) is 0 Å². The highest BCUT2D eigenvalue weighted by Gasteiger charge is 2.12. The molecule has 1 atom stereocenters. The number of nitrogens with zero attached hydrogens (tertiary/aromatic N) is 1. The Morgan fingerprint density at radius 1 is 1.65 bits per heavy atom. The van der Waals surface area contributed by atoms with Crippen molar-refractivity contribution in [2.75, 3.05) is 20.3 Å². The molecule has 0 radical (unpaired) electrons. The second kappa shape index (κ2) is 7.03. The molecule has 1 unspecified atom stereocenters. The highest BCUT2D eigenvalue weighted by molar-refractivity contribution is 5.81. The molecule has 1 heterocycles. The summed E-state index contributed by atoms with van der Waals surface area (Å²) in [6.45, 7) is 5.08. The summed E-state index contributed by atoms with van der Waals surface area (Å²) in [4.78, 5) is 15.6. The van der Waals surface area contributed by atoms with Crippen molar-refractivity contribution < 1.29 is 13.9 Å². The summed E-state index contributed by atoms with van der Waals surface area (Å²) < 4.78 is 10.1. The highest BCUT2D eigenvalue weighted by Crippen LogP contribution is 2.00. The Hall–Kier alpha value is -1.40. The zero-order chi connectivity index (χ0) is 12.7. The first-order valence-electron chi connectivity index (χ1n) is 5.55. The molecule has 6 heteroatoms. The first-order valence-corrected chi connectivity index (χ1v) is 5.55. The molecule has 17 heavy (non-hydrogen) atoms. The van der Waals surface area contributed by atoms with Gasteiger partial charge in [-0.3, -0.25) is 10.1 Å². The molecule has 0 aliphatic heterocycles. The number of ether oxygens (including phenoxy) is 1. The monoisotopic (exact) mass is 241 g/mol. The van der Waals surface area contributed by atoms with Gasteiger partial charge in [0.15, 0.2) is 0 Å². The number of hydrogen-bond donors (Lipinski definition) is 2. The first kappa shape index (κ1) is 13.7. The molecule has 0 aromatic carbocycles. The van der Waals surface area contributed by atoms with Crippen molar-refractivity contribution in [2.45, 2.75) is 26.4 Å². The molecule has 0 aliphatic carbocycles. The van der Waals surface area contributed by atoms with Gasteiger partial charge in [-0.25, -0.2) is 4.98 Å². The lowest BCUT2D eigenvalue weighted by Gasteiger charge is -2.12. The summed E-state index contributed by atoms with van der Waals surface area (Å²) in [5, 5.41) is 5.78. The molecule has 6 nitrogen and oxygen atoms in total. The maximum absolute atomic E-state index is 11.6. The number of carbonyl (C=O) groups is 1. The normalized spacial score (nSPS) is 12.4. The van der Waals surface area contributed by atoms with Gasteiger partial charge in [-0.2, -0.15) is 0 Å². The minimum Gasteiger partial charge on any atom is -0.445 e. The molecule has 0 saturated carbocycles. The molecule has 0 spiro atoms. The second-order valence-electron chi connectivity index (χ2n) is 3.75. The molecular formula is C11H19N3O3. The van der Waals surface area contributed by atoms with Crippen molar-refractivity contribution in [1.29, 1.82) is 0 Å². The Morgan fingerprint density at radius 2 is 2.41 bits per heavy atom. The summed E-state index contributed by atoms with van der Waals surface area (Å²) in [6, 6.07) is -0.293. The third-order valence-corrected chi connectivity index (χ3v) is 2.23. The molecule has 1 aromatic heterocycles. The smallest absolute Gasteiger partial charge is 0.236 e. The lowest BCUT2D eigenvalue weighted by molar-refractivity contribution is -0.123. The van der Waals surface area contributed by atoms with Crippen LogP contribution >= 0.6 is 0 Å². The third kappa shape index (κ3) is 4.97. The van der Waals surface area contributed by atoms with Crippen LogP contribution in [0.3, 0.4) is 0 Å². The van der Waals surface area contributed by atoms with E-state index in [4.69, 9.17) is 9.15 Å². The van der Waals surface area contributed by atoms with Crippen LogP contribution < -0.4 is 10.6 Å². The van der Waals surface area contributed by atoms with Crippen LogP contribution in [0.25, 0.3) is 0 Å². The average Bonchev–Trinajstić information content (AvgIpc) is 2.72. The highest BCUT2D eigenvalue weighted by atomic mass is 16.5. The summed E-state index contributed by atoms with van der Waals surface area (Å²) in [7, 11) is 1.60. The number of rotatable bonds is 7. The zero-order valence-electron chi connectivity index (χ0n) is 10.4. The first-order chi connectivity index (χ1) is 8.13. The van der Waals surface area contributed by atoms with Crippen molar-refractivity contribution in [3.8, 4) is 0 Å². The SMILES string of the molecule is COCCNC(=O)C(C)NCc1ncc(C)o1. The van der Waals surface area contributed by atoms with Gasteiger partial charge in [0.25, 0.3) is 0 Å². The van der Waals surface area contributed by atoms with Crippen LogP contribution in [0, 0.1) is 6.92 Å². The number of aryl methyl sites for hydroxylation is 1. The third-order valence-electron chi connectivity index (χ3n) is 2.23. The van der Waals surface area contributed by atoms with E-state index >= 15 is 0 Å². The van der Waals surface area contributed by atoms with Gasteiger partial charge in [0, 0.05) is 13.7 Å². The quantitative estimate of drug-likeness (QED) is 0.668. The average molecular weight is 241 g/mol. The van der Waals surface area contributed by atoms with Crippen LogP contribution in [0.2, 0.25) is 0 Å². The molecule has 1 aromatic rings. The van der Waals surface area contributed by atoms with E-state index in [-0.39, 0.29) is 11.9 Å². The van der Waals surface area contributed by atoms with Gasteiger partial charge in [-0.05, 0) is 13.8 Å². The number of methoxy groups -OCH3 is 1. The standard InChI is InChI=1S/C11H19N3O3/c1-8-6-14-10(17-8)7-13-9(2)11(15)12-4-5-16-3/h6,9,13H,4-5,7H2,1-3H3,(H,12,15). The molecule has 1 amide bonds. The van der Waals surface area contributed by atoms with Crippen LogP contribution in [-0.2, 0) is 16.1 Å². The Balaban J connectivity index is 2.24. The van der Waals surface area contributed by atoms with Crippen LogP contribution in [0.1, 0.15) is 18.6 Å².